The van der Waals surface area contributed by atoms with E-state index in [1.807, 2.05) is 61.5 Å². The van der Waals surface area contributed by atoms with Crippen LogP contribution in [0.1, 0.15) is 55.2 Å². The molecular formula is C33H40FN3O4S. The van der Waals surface area contributed by atoms with Crippen molar-refractivity contribution in [3.8, 4) is 0 Å². The van der Waals surface area contributed by atoms with Crippen LogP contribution in [0, 0.1) is 12.7 Å². The molecule has 1 aliphatic rings. The second kappa shape index (κ2) is 14.4. The first-order valence-electron chi connectivity index (χ1n) is 14.5. The molecule has 7 nitrogen and oxygen atoms in total. The summed E-state index contributed by atoms with van der Waals surface area (Å²) < 4.78 is 40.6. The number of benzene rings is 3. The monoisotopic (exact) mass is 593 g/mol. The van der Waals surface area contributed by atoms with Gasteiger partial charge in [0, 0.05) is 32.0 Å². The summed E-state index contributed by atoms with van der Waals surface area (Å²) in [4.78, 5) is 29.4. The quantitative estimate of drug-likeness (QED) is 0.288. The minimum atomic E-state index is -3.79. The Hall–Kier alpha value is -3.72. The normalized spacial score (nSPS) is 14.4. The predicted octanol–water partition coefficient (Wildman–Crippen LogP) is 5.38. The summed E-state index contributed by atoms with van der Waals surface area (Å²) in [6.45, 7) is 2.15. The minimum Gasteiger partial charge on any atom is -0.352 e. The van der Waals surface area contributed by atoms with Crippen molar-refractivity contribution >= 4 is 27.5 Å². The van der Waals surface area contributed by atoms with Crippen LogP contribution in [0.15, 0.2) is 78.9 Å². The Morgan fingerprint density at radius 2 is 1.60 bits per heavy atom. The maximum Gasteiger partial charge on any atom is 0.243 e. The molecule has 1 aliphatic carbocycles. The fraction of sp³-hybridized carbons (Fsp3) is 0.394. The number of hydrogen-bond acceptors (Lipinski definition) is 4. The first kappa shape index (κ1) is 31.2. The lowest BCUT2D eigenvalue weighted by atomic mass is 10.0. The molecule has 0 heterocycles. The van der Waals surface area contributed by atoms with Gasteiger partial charge in [-0.1, -0.05) is 79.6 Å². The van der Waals surface area contributed by atoms with Crippen molar-refractivity contribution in [1.29, 1.82) is 0 Å². The third-order valence-corrected chi connectivity index (χ3v) is 9.03. The molecule has 1 atom stereocenters. The van der Waals surface area contributed by atoms with Gasteiger partial charge in [0.15, 0.2) is 0 Å². The van der Waals surface area contributed by atoms with Crippen molar-refractivity contribution in [1.82, 2.24) is 10.2 Å². The Morgan fingerprint density at radius 1 is 0.952 bits per heavy atom. The topological polar surface area (TPSA) is 86.8 Å². The van der Waals surface area contributed by atoms with Gasteiger partial charge in [-0.05, 0) is 55.0 Å². The number of carbonyl (C=O) groups is 2. The molecule has 9 heteroatoms. The van der Waals surface area contributed by atoms with Crippen LogP contribution in [-0.2, 0) is 32.6 Å². The summed E-state index contributed by atoms with van der Waals surface area (Å²) in [6, 6.07) is 22.4. The van der Waals surface area contributed by atoms with Crippen molar-refractivity contribution in [3.63, 3.8) is 0 Å². The highest BCUT2D eigenvalue weighted by molar-refractivity contribution is 7.92. The maximum atomic E-state index is 14.5. The number of para-hydroxylation sites is 1. The molecule has 1 unspecified atom stereocenters. The number of halogens is 1. The van der Waals surface area contributed by atoms with E-state index in [0.29, 0.717) is 6.42 Å². The van der Waals surface area contributed by atoms with E-state index in [-0.39, 0.29) is 49.5 Å². The van der Waals surface area contributed by atoms with E-state index in [2.05, 4.69) is 5.32 Å². The Labute approximate surface area is 248 Å². The van der Waals surface area contributed by atoms with Crippen molar-refractivity contribution in [2.75, 3.05) is 17.1 Å². The van der Waals surface area contributed by atoms with Gasteiger partial charge in [-0.25, -0.2) is 12.8 Å². The molecule has 0 spiro atoms. The van der Waals surface area contributed by atoms with Gasteiger partial charge < -0.3 is 10.2 Å². The molecule has 3 aromatic carbocycles. The van der Waals surface area contributed by atoms with Crippen LogP contribution in [0.4, 0.5) is 10.1 Å². The molecule has 0 aromatic heterocycles. The lowest BCUT2D eigenvalue weighted by Gasteiger charge is -2.33. The predicted molar refractivity (Wildman–Crippen MR) is 164 cm³/mol. The number of rotatable bonds is 13. The zero-order chi connectivity index (χ0) is 30.1. The van der Waals surface area contributed by atoms with Crippen molar-refractivity contribution in [2.24, 2.45) is 0 Å². The van der Waals surface area contributed by atoms with Crippen LogP contribution in [0.5, 0.6) is 0 Å². The Morgan fingerprint density at radius 3 is 2.26 bits per heavy atom. The average Bonchev–Trinajstić information content (AvgIpc) is 3.47. The Balaban J connectivity index is 1.60. The number of sulfonamides is 1. The van der Waals surface area contributed by atoms with Crippen LogP contribution in [0.3, 0.4) is 0 Å². The second-order valence-corrected chi connectivity index (χ2v) is 12.9. The van der Waals surface area contributed by atoms with Gasteiger partial charge in [0.1, 0.15) is 11.9 Å². The minimum absolute atomic E-state index is 0.00560. The molecule has 224 valence electrons. The third kappa shape index (κ3) is 8.41. The Bertz CT molecular complexity index is 1460. The van der Waals surface area contributed by atoms with Crippen LogP contribution in [0.25, 0.3) is 0 Å². The third-order valence-electron chi connectivity index (χ3n) is 7.85. The maximum absolute atomic E-state index is 14.5. The van der Waals surface area contributed by atoms with Crippen molar-refractivity contribution in [3.05, 3.63) is 101 Å². The zero-order valence-corrected chi connectivity index (χ0v) is 25.2. The van der Waals surface area contributed by atoms with Gasteiger partial charge in [0.2, 0.25) is 21.8 Å². The van der Waals surface area contributed by atoms with E-state index in [4.69, 9.17) is 0 Å². The highest BCUT2D eigenvalue weighted by Gasteiger charge is 2.32. The number of anilines is 1. The van der Waals surface area contributed by atoms with E-state index >= 15 is 0 Å². The van der Waals surface area contributed by atoms with Crippen LogP contribution < -0.4 is 9.62 Å². The summed E-state index contributed by atoms with van der Waals surface area (Å²) >= 11 is 0. The molecule has 4 rings (SSSR count). The second-order valence-electron chi connectivity index (χ2n) is 11.0. The number of nitrogens with zero attached hydrogens (tertiary/aromatic N) is 2. The summed E-state index contributed by atoms with van der Waals surface area (Å²) in [7, 11) is -3.79. The molecule has 2 amide bonds. The zero-order valence-electron chi connectivity index (χ0n) is 24.3. The van der Waals surface area contributed by atoms with E-state index in [9.17, 15) is 22.4 Å². The van der Waals surface area contributed by atoms with E-state index in [0.717, 1.165) is 52.9 Å². The smallest absolute Gasteiger partial charge is 0.243 e. The summed E-state index contributed by atoms with van der Waals surface area (Å²) in [5.74, 6) is -1.10. The van der Waals surface area contributed by atoms with Gasteiger partial charge in [-0.15, -0.1) is 0 Å². The highest BCUT2D eigenvalue weighted by atomic mass is 32.2. The van der Waals surface area contributed by atoms with E-state index in [1.54, 1.807) is 11.0 Å². The standard InChI is InChI=1S/C33H40FN3O4S/c1-25-13-6-7-16-27(25)24-36(31(23-26-14-4-3-5-15-26)33(39)35-28-17-8-9-18-28)32(38)21-12-22-37(42(2,40)41)30-20-11-10-19-29(30)34/h3-7,10-11,13-16,19-20,28,31H,8-9,12,17-18,21-24H2,1-2H3,(H,35,39). The lowest BCUT2D eigenvalue weighted by molar-refractivity contribution is -0.141. The van der Waals surface area contributed by atoms with E-state index < -0.39 is 21.9 Å². The van der Waals surface area contributed by atoms with Crippen molar-refractivity contribution < 1.29 is 22.4 Å². The van der Waals surface area contributed by atoms with Crippen LogP contribution in [-0.4, -0.2) is 50.0 Å². The first-order chi connectivity index (χ1) is 20.1. The molecule has 0 radical (unpaired) electrons. The molecule has 0 bridgehead atoms. The average molecular weight is 594 g/mol. The van der Waals surface area contributed by atoms with Gasteiger partial charge in [0.05, 0.1) is 11.9 Å². The number of nitrogens with one attached hydrogen (secondary N) is 1. The van der Waals surface area contributed by atoms with Crippen molar-refractivity contribution in [2.45, 2.75) is 70.5 Å². The molecule has 0 aliphatic heterocycles. The SMILES string of the molecule is Cc1ccccc1CN(C(=O)CCCN(c1ccccc1F)S(C)(=O)=O)C(Cc1ccccc1)C(=O)NC1CCCC1. The summed E-state index contributed by atoms with van der Waals surface area (Å²) in [6.07, 6.45) is 5.51. The highest BCUT2D eigenvalue weighted by Crippen LogP contribution is 2.24. The molecule has 42 heavy (non-hydrogen) atoms. The van der Waals surface area contributed by atoms with Gasteiger partial charge in [-0.2, -0.15) is 0 Å². The van der Waals surface area contributed by atoms with E-state index in [1.165, 1.54) is 18.2 Å². The largest absolute Gasteiger partial charge is 0.352 e. The first-order valence-corrected chi connectivity index (χ1v) is 16.4. The number of amides is 2. The summed E-state index contributed by atoms with van der Waals surface area (Å²) in [5, 5.41) is 3.19. The molecule has 0 saturated heterocycles. The summed E-state index contributed by atoms with van der Waals surface area (Å²) in [5.41, 5.74) is 2.83. The Kier molecular flexibility index (Phi) is 10.7. The molecule has 1 saturated carbocycles. The van der Waals surface area contributed by atoms with Crippen LogP contribution >= 0.6 is 0 Å². The fourth-order valence-corrected chi connectivity index (χ4v) is 6.50. The molecule has 1 N–H and O–H groups in total. The van der Waals surface area contributed by atoms with Gasteiger partial charge >= 0.3 is 0 Å². The number of hydrogen-bond donors (Lipinski definition) is 1. The van der Waals surface area contributed by atoms with Gasteiger partial charge in [-0.3, -0.25) is 13.9 Å². The molecular weight excluding hydrogens is 553 g/mol. The molecule has 1 fully saturated rings. The van der Waals surface area contributed by atoms with Gasteiger partial charge in [0.25, 0.3) is 0 Å². The van der Waals surface area contributed by atoms with Crippen LogP contribution in [0.2, 0.25) is 0 Å². The number of aryl methyl sites for hydroxylation is 1. The number of carbonyl (C=O) groups excluding carboxylic acids is 2. The fourth-order valence-electron chi connectivity index (χ4n) is 5.53. The molecule has 3 aromatic rings. The lowest BCUT2D eigenvalue weighted by Crippen LogP contribution is -2.52.